The second-order valence-corrected chi connectivity index (χ2v) is 8.93. The number of esters is 1. The average molecular weight is 332 g/mol. The van der Waals surface area contributed by atoms with Crippen LogP contribution in [-0.2, 0) is 25.8 Å². The Labute approximate surface area is 146 Å². The maximum atomic E-state index is 12.5. The molecule has 0 bridgehead atoms. The Morgan fingerprint density at radius 3 is 1.79 bits per heavy atom. The van der Waals surface area contributed by atoms with Gasteiger partial charge in [-0.15, -0.1) is 0 Å². The minimum atomic E-state index is -0.809. The van der Waals surface area contributed by atoms with Gasteiger partial charge in [-0.05, 0) is 41.4 Å². The lowest BCUT2D eigenvalue weighted by molar-refractivity contribution is -0.148. The van der Waals surface area contributed by atoms with Crippen molar-refractivity contribution in [2.75, 3.05) is 6.61 Å². The highest BCUT2D eigenvalue weighted by atomic mass is 16.5. The van der Waals surface area contributed by atoms with E-state index in [9.17, 15) is 9.90 Å². The van der Waals surface area contributed by atoms with Crippen molar-refractivity contribution in [2.45, 2.75) is 71.6 Å². The molecule has 0 saturated carbocycles. The third-order valence-corrected chi connectivity index (χ3v) is 4.29. The highest BCUT2D eigenvalue weighted by Gasteiger charge is 2.35. The number of phenols is 1. The molecule has 0 unspecified atom stereocenters. The van der Waals surface area contributed by atoms with Gasteiger partial charge in [0.15, 0.2) is 0 Å². The van der Waals surface area contributed by atoms with Crippen LogP contribution in [0.2, 0.25) is 0 Å². The molecule has 0 heterocycles. The molecule has 0 aliphatic carbocycles. The average Bonchev–Trinajstić information content (AvgIpc) is 2.41. The van der Waals surface area contributed by atoms with Crippen LogP contribution in [0.5, 0.6) is 5.75 Å². The summed E-state index contributed by atoms with van der Waals surface area (Å²) in [4.78, 5) is 12.5. The topological polar surface area (TPSA) is 46.5 Å². The van der Waals surface area contributed by atoms with Crippen LogP contribution in [0.25, 0.3) is 0 Å². The predicted molar refractivity (Wildman–Crippen MR) is 99.7 cm³/mol. The molecule has 1 N–H and O–H groups in total. The Kier molecular flexibility index (Phi) is 5.59. The van der Waals surface area contributed by atoms with Crippen molar-refractivity contribution in [3.63, 3.8) is 0 Å². The minimum absolute atomic E-state index is 0.193. The van der Waals surface area contributed by atoms with E-state index in [2.05, 4.69) is 48.1 Å². The van der Waals surface area contributed by atoms with Crippen LogP contribution < -0.4 is 0 Å². The Balaban J connectivity index is 3.60. The van der Waals surface area contributed by atoms with Crippen LogP contribution in [0, 0.1) is 0 Å². The van der Waals surface area contributed by atoms with Gasteiger partial charge in [0.2, 0.25) is 0 Å². The first-order valence-corrected chi connectivity index (χ1v) is 8.39. The van der Waals surface area contributed by atoms with Crippen molar-refractivity contribution in [2.24, 2.45) is 0 Å². The maximum Gasteiger partial charge on any atom is 0.316 e. The summed E-state index contributed by atoms with van der Waals surface area (Å²) < 4.78 is 5.27. The molecule has 3 heteroatoms. The number of ether oxygens (including phenoxy) is 1. The van der Waals surface area contributed by atoms with Gasteiger partial charge >= 0.3 is 5.97 Å². The lowest BCUT2D eigenvalue weighted by Gasteiger charge is -2.31. The van der Waals surface area contributed by atoms with Gasteiger partial charge in [0.05, 0.1) is 5.41 Å². The molecular formula is C21H32O3. The van der Waals surface area contributed by atoms with Gasteiger partial charge < -0.3 is 9.84 Å². The summed E-state index contributed by atoms with van der Waals surface area (Å²) in [5, 5.41) is 10.8. The maximum absolute atomic E-state index is 12.5. The van der Waals surface area contributed by atoms with E-state index in [1.165, 1.54) is 0 Å². The van der Waals surface area contributed by atoms with Gasteiger partial charge in [-0.2, -0.15) is 0 Å². The summed E-state index contributed by atoms with van der Waals surface area (Å²) in [5.74, 6) is 0.0156. The smallest absolute Gasteiger partial charge is 0.316 e. The number of carbonyl (C=O) groups is 1. The van der Waals surface area contributed by atoms with Gasteiger partial charge in [-0.25, -0.2) is 0 Å². The van der Waals surface area contributed by atoms with Crippen LogP contribution >= 0.6 is 0 Å². The quantitative estimate of drug-likeness (QED) is 0.624. The molecule has 0 amide bonds. The number of phenolic OH excluding ortho intramolecular Hbond substituents is 1. The van der Waals surface area contributed by atoms with E-state index in [0.717, 1.165) is 16.7 Å². The highest BCUT2D eigenvalue weighted by molar-refractivity contribution is 5.82. The first kappa shape index (κ1) is 20.3. The lowest BCUT2D eigenvalue weighted by atomic mass is 9.74. The molecule has 0 radical (unpaired) electrons. The van der Waals surface area contributed by atoms with E-state index in [1.807, 2.05) is 26.0 Å². The van der Waals surface area contributed by atoms with Crippen LogP contribution in [0.3, 0.4) is 0 Å². The molecule has 24 heavy (non-hydrogen) atoms. The SMILES string of the molecule is C=CCOC(=O)C(C)(C)c1cc(C(C)(C)C)c(O)c(C(C)(C)C)c1. The number of hydrogen-bond acceptors (Lipinski definition) is 3. The Hall–Kier alpha value is -1.77. The monoisotopic (exact) mass is 332 g/mol. The van der Waals surface area contributed by atoms with E-state index in [-0.39, 0.29) is 23.4 Å². The molecule has 134 valence electrons. The van der Waals surface area contributed by atoms with Gasteiger partial charge in [0.25, 0.3) is 0 Å². The molecule has 0 saturated heterocycles. The van der Waals surface area contributed by atoms with Crippen molar-refractivity contribution in [1.82, 2.24) is 0 Å². The van der Waals surface area contributed by atoms with Crippen LogP contribution in [0.1, 0.15) is 72.1 Å². The van der Waals surface area contributed by atoms with Gasteiger partial charge in [0.1, 0.15) is 12.4 Å². The van der Waals surface area contributed by atoms with Crippen LogP contribution in [0.4, 0.5) is 0 Å². The molecular weight excluding hydrogens is 300 g/mol. The fourth-order valence-corrected chi connectivity index (χ4v) is 2.57. The predicted octanol–water partition coefficient (Wildman–Crippen LogP) is 4.99. The number of hydrogen-bond donors (Lipinski definition) is 1. The molecule has 0 spiro atoms. The molecule has 0 aliphatic rings. The zero-order valence-corrected chi connectivity index (χ0v) is 16.4. The van der Waals surface area contributed by atoms with Crippen molar-refractivity contribution >= 4 is 5.97 Å². The summed E-state index contributed by atoms with van der Waals surface area (Å²) in [6.07, 6.45) is 1.56. The lowest BCUT2D eigenvalue weighted by Crippen LogP contribution is -2.32. The first-order chi connectivity index (χ1) is 10.7. The van der Waals surface area contributed by atoms with Gasteiger partial charge in [0, 0.05) is 0 Å². The zero-order valence-electron chi connectivity index (χ0n) is 16.4. The molecule has 0 fully saturated rings. The molecule has 1 rings (SSSR count). The number of benzene rings is 1. The Morgan fingerprint density at radius 1 is 1.04 bits per heavy atom. The van der Waals surface area contributed by atoms with Crippen molar-refractivity contribution in [3.05, 3.63) is 41.5 Å². The fourth-order valence-electron chi connectivity index (χ4n) is 2.57. The number of rotatable bonds is 4. The van der Waals surface area contributed by atoms with E-state index >= 15 is 0 Å². The highest BCUT2D eigenvalue weighted by Crippen LogP contribution is 2.42. The second kappa shape index (κ2) is 6.62. The molecule has 0 aromatic heterocycles. The standard InChI is InChI=1S/C21H32O3/c1-10-11-24-18(23)21(8,9)14-12-15(19(2,3)4)17(22)16(13-14)20(5,6)7/h10,12-13,22H,1,11H2,2-9H3. The summed E-state index contributed by atoms with van der Waals surface area (Å²) in [7, 11) is 0. The van der Waals surface area contributed by atoms with Crippen LogP contribution in [0.15, 0.2) is 24.8 Å². The second-order valence-electron chi connectivity index (χ2n) is 8.93. The first-order valence-electron chi connectivity index (χ1n) is 8.39. The van der Waals surface area contributed by atoms with Gasteiger partial charge in [-0.3, -0.25) is 4.79 Å². The normalized spacial score (nSPS) is 12.8. The zero-order chi connectivity index (χ0) is 18.9. The third-order valence-electron chi connectivity index (χ3n) is 4.29. The largest absolute Gasteiger partial charge is 0.507 e. The Morgan fingerprint density at radius 2 is 1.46 bits per heavy atom. The van der Waals surface area contributed by atoms with E-state index in [1.54, 1.807) is 6.08 Å². The minimum Gasteiger partial charge on any atom is -0.507 e. The van der Waals surface area contributed by atoms with E-state index in [0.29, 0.717) is 5.75 Å². The van der Waals surface area contributed by atoms with Crippen LogP contribution in [-0.4, -0.2) is 17.7 Å². The van der Waals surface area contributed by atoms with E-state index in [4.69, 9.17) is 4.74 Å². The molecule has 3 nitrogen and oxygen atoms in total. The number of carbonyl (C=O) groups excluding carboxylic acids is 1. The summed E-state index contributed by atoms with van der Waals surface area (Å²) in [5.41, 5.74) is 1.26. The summed E-state index contributed by atoms with van der Waals surface area (Å²) >= 11 is 0. The summed E-state index contributed by atoms with van der Waals surface area (Å²) in [6, 6.07) is 3.86. The number of aromatic hydroxyl groups is 1. The molecule has 1 aromatic carbocycles. The van der Waals surface area contributed by atoms with Gasteiger partial charge in [-0.1, -0.05) is 66.3 Å². The molecule has 1 aromatic rings. The van der Waals surface area contributed by atoms with E-state index < -0.39 is 5.41 Å². The third kappa shape index (κ3) is 4.19. The van der Waals surface area contributed by atoms with Crippen molar-refractivity contribution in [3.8, 4) is 5.75 Å². The summed E-state index contributed by atoms with van der Waals surface area (Å²) in [6.45, 7) is 19.8. The molecule has 0 aliphatic heterocycles. The molecule has 0 atom stereocenters. The van der Waals surface area contributed by atoms with Crippen molar-refractivity contribution < 1.29 is 14.6 Å². The van der Waals surface area contributed by atoms with Crippen molar-refractivity contribution in [1.29, 1.82) is 0 Å². The fraction of sp³-hybridized carbons (Fsp3) is 0.571. The Bertz CT molecular complexity index is 590.